The molecule has 168 valence electrons. The highest BCUT2D eigenvalue weighted by atomic mass is 32.1. The van der Waals surface area contributed by atoms with E-state index in [0.717, 1.165) is 59.8 Å². The summed E-state index contributed by atoms with van der Waals surface area (Å²) < 4.78 is 0. The van der Waals surface area contributed by atoms with Crippen LogP contribution in [0.25, 0.3) is 0 Å². The molecule has 4 fully saturated rings. The maximum Gasteiger partial charge on any atom is 0.00988 e. The highest BCUT2D eigenvalue weighted by Gasteiger charge is 2.66. The average Bonchev–Trinajstić information content (AvgIpc) is 3.38. The molecule has 4 saturated carbocycles. The van der Waals surface area contributed by atoms with Gasteiger partial charge in [-0.15, -0.1) is 0 Å². The maximum absolute atomic E-state index is 6.27. The summed E-state index contributed by atoms with van der Waals surface area (Å²) >= 11 is 5.18. The van der Waals surface area contributed by atoms with E-state index in [1.165, 1.54) is 57.8 Å². The van der Waals surface area contributed by atoms with Crippen molar-refractivity contribution < 1.29 is 0 Å². The zero-order valence-corrected chi connectivity index (χ0v) is 20.8. The second-order valence-electron chi connectivity index (χ2n) is 12.7. The molecule has 2 N–H and O–H groups in total. The van der Waals surface area contributed by atoms with Gasteiger partial charge in [0.2, 0.25) is 0 Å². The average molecular weight is 420 g/mol. The Morgan fingerprint density at radius 2 is 1.28 bits per heavy atom. The first kappa shape index (κ1) is 22.5. The lowest BCUT2D eigenvalue weighted by atomic mass is 9.45. The van der Waals surface area contributed by atoms with Gasteiger partial charge >= 0.3 is 0 Å². The van der Waals surface area contributed by atoms with Gasteiger partial charge in [-0.05, 0) is 116 Å². The molecule has 8 unspecified atom stereocenters. The third-order valence-electron chi connectivity index (χ3n) is 10.5. The van der Waals surface area contributed by atoms with Gasteiger partial charge in [-0.3, -0.25) is 0 Å². The minimum absolute atomic E-state index is 0.461. The molecule has 0 saturated heterocycles. The third kappa shape index (κ3) is 4.20. The van der Waals surface area contributed by atoms with Gasteiger partial charge < -0.3 is 5.73 Å². The van der Waals surface area contributed by atoms with Gasteiger partial charge in [0.25, 0.3) is 0 Å². The minimum Gasteiger partial charge on any atom is -0.330 e. The first-order chi connectivity index (χ1) is 13.8. The van der Waals surface area contributed by atoms with Crippen molar-refractivity contribution in [2.45, 2.75) is 97.7 Å². The molecule has 0 radical (unpaired) electrons. The Hall–Kier alpha value is 0.310. The lowest BCUT2D eigenvalue weighted by molar-refractivity contribution is -0.0918. The molecule has 0 bridgehead atoms. The van der Waals surface area contributed by atoms with Crippen LogP contribution in [0.4, 0.5) is 0 Å². The van der Waals surface area contributed by atoms with E-state index in [4.69, 9.17) is 18.4 Å². The van der Waals surface area contributed by atoms with Crippen LogP contribution in [0.2, 0.25) is 0 Å². The summed E-state index contributed by atoms with van der Waals surface area (Å²) in [7, 11) is 0. The van der Waals surface area contributed by atoms with Gasteiger partial charge in [-0.1, -0.05) is 47.5 Å². The minimum atomic E-state index is 0.461. The van der Waals surface area contributed by atoms with Crippen LogP contribution in [0, 0.1) is 64.6 Å². The van der Waals surface area contributed by atoms with Gasteiger partial charge in [0, 0.05) is 5.25 Å². The second-order valence-corrected chi connectivity index (χ2v) is 13.3. The van der Waals surface area contributed by atoms with Crippen molar-refractivity contribution in [2.24, 2.45) is 70.3 Å². The fraction of sp³-hybridized carbons (Fsp3) is 1.00. The van der Waals surface area contributed by atoms with E-state index >= 15 is 0 Å². The quantitative estimate of drug-likeness (QED) is 0.469. The fourth-order valence-electron chi connectivity index (χ4n) is 8.89. The number of hydrogen-bond acceptors (Lipinski definition) is 2. The molecule has 4 aliphatic rings. The standard InChI is InChI=1S/C27H49NS/c1-16-6-8-20(9-7-16)21-10-17(2)12-22(13-18(3)11-21)25-26(29)24(15-28)27(25,5)23-14-19(23)4/h16-26,29H,6-15,28H2,1-5H3. The first-order valence-corrected chi connectivity index (χ1v) is 13.6. The molecule has 0 amide bonds. The molecule has 0 aromatic heterocycles. The predicted molar refractivity (Wildman–Crippen MR) is 129 cm³/mol. The molecule has 0 heterocycles. The Balaban J connectivity index is 1.45. The molecule has 0 aromatic rings. The summed E-state index contributed by atoms with van der Waals surface area (Å²) in [4.78, 5) is 0. The molecule has 0 aromatic carbocycles. The summed E-state index contributed by atoms with van der Waals surface area (Å²) in [6, 6.07) is 0. The maximum atomic E-state index is 6.27. The van der Waals surface area contributed by atoms with E-state index in [1.807, 2.05) is 0 Å². The van der Waals surface area contributed by atoms with E-state index < -0.39 is 0 Å². The summed E-state index contributed by atoms with van der Waals surface area (Å²) in [6.45, 7) is 13.5. The Bertz CT molecular complexity index is 541. The van der Waals surface area contributed by atoms with E-state index in [-0.39, 0.29) is 0 Å². The number of rotatable bonds is 4. The van der Waals surface area contributed by atoms with E-state index in [1.54, 1.807) is 0 Å². The van der Waals surface area contributed by atoms with Gasteiger partial charge in [0.15, 0.2) is 0 Å². The molecule has 4 rings (SSSR count). The Morgan fingerprint density at radius 3 is 1.76 bits per heavy atom. The zero-order chi connectivity index (χ0) is 20.9. The van der Waals surface area contributed by atoms with Crippen LogP contribution in [-0.4, -0.2) is 11.8 Å². The van der Waals surface area contributed by atoms with Crippen LogP contribution in [0.1, 0.15) is 92.4 Å². The van der Waals surface area contributed by atoms with Gasteiger partial charge in [-0.25, -0.2) is 0 Å². The van der Waals surface area contributed by atoms with Gasteiger partial charge in [-0.2, -0.15) is 12.6 Å². The smallest absolute Gasteiger partial charge is 0.00988 e. The zero-order valence-electron chi connectivity index (χ0n) is 19.9. The van der Waals surface area contributed by atoms with E-state index in [9.17, 15) is 0 Å². The molecule has 4 aliphatic carbocycles. The Labute approximate surface area is 187 Å². The van der Waals surface area contributed by atoms with Crippen molar-refractivity contribution >= 4 is 12.6 Å². The van der Waals surface area contributed by atoms with E-state index in [0.29, 0.717) is 16.6 Å². The predicted octanol–water partition coefficient (Wildman–Crippen LogP) is 7.06. The molecular weight excluding hydrogens is 370 g/mol. The molecule has 1 nitrogen and oxygen atoms in total. The second kappa shape index (κ2) is 8.68. The number of thiol groups is 1. The van der Waals surface area contributed by atoms with Crippen molar-refractivity contribution in [3.8, 4) is 0 Å². The molecule has 8 atom stereocenters. The van der Waals surface area contributed by atoms with Crippen LogP contribution in [-0.2, 0) is 0 Å². The van der Waals surface area contributed by atoms with Crippen molar-refractivity contribution in [1.29, 1.82) is 0 Å². The third-order valence-corrected chi connectivity index (χ3v) is 11.2. The highest BCUT2D eigenvalue weighted by Crippen LogP contribution is 2.69. The summed E-state index contributed by atoms with van der Waals surface area (Å²) in [6.07, 6.45) is 13.3. The van der Waals surface area contributed by atoms with Crippen LogP contribution in [0.15, 0.2) is 0 Å². The highest BCUT2D eigenvalue weighted by molar-refractivity contribution is 7.81. The number of hydrogen-bond donors (Lipinski definition) is 2. The molecule has 29 heavy (non-hydrogen) atoms. The van der Waals surface area contributed by atoms with Crippen molar-refractivity contribution in [3.63, 3.8) is 0 Å². The Kier molecular flexibility index (Phi) is 6.74. The summed E-state index contributed by atoms with van der Waals surface area (Å²) in [5.74, 6) is 8.90. The van der Waals surface area contributed by atoms with Crippen molar-refractivity contribution in [2.75, 3.05) is 6.54 Å². The van der Waals surface area contributed by atoms with Crippen LogP contribution < -0.4 is 5.73 Å². The molecule has 0 aliphatic heterocycles. The van der Waals surface area contributed by atoms with Gasteiger partial charge in [0.05, 0.1) is 0 Å². The van der Waals surface area contributed by atoms with Crippen molar-refractivity contribution in [3.05, 3.63) is 0 Å². The lowest BCUT2D eigenvalue weighted by Gasteiger charge is -2.63. The summed E-state index contributed by atoms with van der Waals surface area (Å²) in [5.41, 5.74) is 6.74. The summed E-state index contributed by atoms with van der Waals surface area (Å²) in [5, 5.41) is 0.539. The molecule has 0 spiro atoms. The SMILES string of the molecule is CC1CCC(C2CC(C)CC(C3C(S)C(CN)C3(C)C3CC3C)CC(C)C2)CC1. The monoisotopic (exact) mass is 419 g/mol. The topological polar surface area (TPSA) is 26.0 Å². The first-order valence-electron chi connectivity index (χ1n) is 13.1. The molecular formula is C27H49NS. The molecule has 2 heteroatoms. The largest absolute Gasteiger partial charge is 0.330 e. The number of nitrogens with two attached hydrogens (primary N) is 1. The fourth-order valence-corrected chi connectivity index (χ4v) is 9.90. The van der Waals surface area contributed by atoms with Crippen molar-refractivity contribution in [1.82, 2.24) is 0 Å². The van der Waals surface area contributed by atoms with Crippen LogP contribution in [0.5, 0.6) is 0 Å². The Morgan fingerprint density at radius 1 is 0.759 bits per heavy atom. The lowest BCUT2D eigenvalue weighted by Crippen LogP contribution is -2.63. The van der Waals surface area contributed by atoms with Crippen LogP contribution >= 0.6 is 12.6 Å². The van der Waals surface area contributed by atoms with E-state index in [2.05, 4.69) is 34.6 Å². The van der Waals surface area contributed by atoms with Crippen LogP contribution in [0.3, 0.4) is 0 Å². The van der Waals surface area contributed by atoms with Gasteiger partial charge in [0.1, 0.15) is 0 Å². The normalized spacial score (nSPS) is 56.2.